The Morgan fingerprint density at radius 1 is 1.63 bits per heavy atom. The van der Waals surface area contributed by atoms with Gasteiger partial charge in [-0.05, 0) is 32.1 Å². The highest BCUT2D eigenvalue weighted by molar-refractivity contribution is 7.21. The Kier molecular flexibility index (Phi) is 3.12. The second kappa shape index (κ2) is 4.79. The Morgan fingerprint density at radius 3 is 3.16 bits per heavy atom. The van der Waals surface area contributed by atoms with Crippen molar-refractivity contribution < 1.29 is 4.79 Å². The number of anilines is 1. The van der Waals surface area contributed by atoms with Crippen LogP contribution in [0.25, 0.3) is 10.2 Å². The molecule has 3 heterocycles. The molecule has 1 unspecified atom stereocenters. The van der Waals surface area contributed by atoms with E-state index >= 15 is 0 Å². The summed E-state index contributed by atoms with van der Waals surface area (Å²) < 4.78 is 0.952. The van der Waals surface area contributed by atoms with Crippen LogP contribution in [0.5, 0.6) is 0 Å². The number of likely N-dealkylation sites (tertiary alicyclic amines) is 1. The Labute approximate surface area is 115 Å². The van der Waals surface area contributed by atoms with Crippen LogP contribution in [-0.4, -0.2) is 42.0 Å². The van der Waals surface area contributed by atoms with Gasteiger partial charge in [0.25, 0.3) is 5.91 Å². The van der Waals surface area contributed by atoms with Crippen LogP contribution in [0, 0.1) is 0 Å². The number of hydrogen-bond donors (Lipinski definition) is 2. The lowest BCUT2D eigenvalue weighted by atomic mass is 10.2. The van der Waals surface area contributed by atoms with E-state index in [1.807, 2.05) is 12.1 Å². The molecule has 1 amide bonds. The van der Waals surface area contributed by atoms with Crippen molar-refractivity contribution in [3.63, 3.8) is 0 Å². The van der Waals surface area contributed by atoms with Gasteiger partial charge in [0.2, 0.25) is 0 Å². The van der Waals surface area contributed by atoms with Gasteiger partial charge >= 0.3 is 0 Å². The largest absolute Gasteiger partial charge is 0.396 e. The molecule has 2 aromatic rings. The van der Waals surface area contributed by atoms with Crippen molar-refractivity contribution in [2.75, 3.05) is 25.9 Å². The number of rotatable bonds is 2. The third-order valence-corrected chi connectivity index (χ3v) is 4.57. The summed E-state index contributed by atoms with van der Waals surface area (Å²) in [6.45, 7) is 1.92. The Bertz CT molecular complexity index is 624. The number of aromatic nitrogens is 1. The van der Waals surface area contributed by atoms with Crippen LogP contribution in [0.15, 0.2) is 18.3 Å². The highest BCUT2D eigenvalue weighted by Crippen LogP contribution is 2.31. The van der Waals surface area contributed by atoms with E-state index < -0.39 is 0 Å². The summed E-state index contributed by atoms with van der Waals surface area (Å²) in [4.78, 5) is 19.3. The van der Waals surface area contributed by atoms with Crippen LogP contribution in [0.1, 0.15) is 16.1 Å². The molecular weight excluding hydrogens is 260 g/mol. The highest BCUT2D eigenvalue weighted by atomic mass is 32.1. The molecule has 5 nitrogen and oxygen atoms in total. The molecule has 0 bridgehead atoms. The fraction of sp³-hybridized carbons (Fsp3) is 0.385. The minimum Gasteiger partial charge on any atom is -0.396 e. The number of nitrogens with zero attached hydrogens (tertiary/aromatic N) is 2. The molecule has 0 aliphatic carbocycles. The van der Waals surface area contributed by atoms with Gasteiger partial charge in [-0.2, -0.15) is 0 Å². The van der Waals surface area contributed by atoms with Crippen LogP contribution >= 0.6 is 11.3 Å². The molecule has 1 aliphatic heterocycles. The van der Waals surface area contributed by atoms with Crippen molar-refractivity contribution >= 4 is 33.1 Å². The van der Waals surface area contributed by atoms with E-state index in [-0.39, 0.29) is 11.9 Å². The third-order valence-electron chi connectivity index (χ3n) is 3.42. The van der Waals surface area contributed by atoms with Gasteiger partial charge < -0.3 is 16.0 Å². The molecule has 19 heavy (non-hydrogen) atoms. The lowest BCUT2D eigenvalue weighted by Crippen LogP contribution is -2.36. The number of likely N-dealkylation sites (N-methyl/N-ethyl adjacent to an activating group) is 1. The molecule has 3 rings (SSSR count). The molecule has 6 heteroatoms. The summed E-state index contributed by atoms with van der Waals surface area (Å²) in [5.74, 6) is -0.0826. The van der Waals surface area contributed by atoms with Crippen molar-refractivity contribution in [2.24, 2.45) is 0 Å². The van der Waals surface area contributed by atoms with Gasteiger partial charge in [-0.3, -0.25) is 9.78 Å². The van der Waals surface area contributed by atoms with E-state index in [1.165, 1.54) is 11.3 Å². The van der Waals surface area contributed by atoms with Crippen molar-refractivity contribution in [1.82, 2.24) is 15.2 Å². The number of carbonyl (C=O) groups is 1. The standard InChI is InChI=1S/C13H16N4OS/c1-17-6-4-8(7-17)16-13(18)12-10(14)11-9(19-12)3-2-5-15-11/h2-3,5,8H,4,6-7,14H2,1H3,(H,16,18). The lowest BCUT2D eigenvalue weighted by Gasteiger charge is -2.12. The smallest absolute Gasteiger partial charge is 0.263 e. The van der Waals surface area contributed by atoms with Gasteiger partial charge in [0.1, 0.15) is 10.4 Å². The quantitative estimate of drug-likeness (QED) is 0.867. The van der Waals surface area contributed by atoms with Crippen molar-refractivity contribution in [3.05, 3.63) is 23.2 Å². The van der Waals surface area contributed by atoms with Crippen LogP contribution in [-0.2, 0) is 0 Å². The summed E-state index contributed by atoms with van der Waals surface area (Å²) in [7, 11) is 2.06. The van der Waals surface area contributed by atoms with Gasteiger partial charge in [-0.15, -0.1) is 11.3 Å². The highest BCUT2D eigenvalue weighted by Gasteiger charge is 2.24. The molecular formula is C13H16N4OS. The zero-order valence-corrected chi connectivity index (χ0v) is 11.5. The fourth-order valence-corrected chi connectivity index (χ4v) is 3.40. The van der Waals surface area contributed by atoms with Crippen molar-refractivity contribution in [2.45, 2.75) is 12.5 Å². The number of hydrogen-bond acceptors (Lipinski definition) is 5. The predicted molar refractivity (Wildman–Crippen MR) is 77.4 cm³/mol. The van der Waals surface area contributed by atoms with Gasteiger partial charge in [0.05, 0.1) is 10.4 Å². The summed E-state index contributed by atoms with van der Waals surface area (Å²) >= 11 is 1.40. The zero-order chi connectivity index (χ0) is 13.4. The number of nitrogens with one attached hydrogen (secondary N) is 1. The number of carbonyl (C=O) groups excluding carboxylic acids is 1. The number of pyridine rings is 1. The van der Waals surface area contributed by atoms with Crippen molar-refractivity contribution in [1.29, 1.82) is 0 Å². The molecule has 1 atom stereocenters. The van der Waals surface area contributed by atoms with Crippen LogP contribution < -0.4 is 11.1 Å². The van der Waals surface area contributed by atoms with E-state index in [0.717, 1.165) is 29.7 Å². The molecule has 1 aliphatic rings. The van der Waals surface area contributed by atoms with E-state index in [4.69, 9.17) is 5.73 Å². The number of nitrogens with two attached hydrogens (primary N) is 1. The summed E-state index contributed by atoms with van der Waals surface area (Å²) in [5.41, 5.74) is 7.23. The van der Waals surface area contributed by atoms with Gasteiger partial charge in [-0.1, -0.05) is 0 Å². The molecule has 0 radical (unpaired) electrons. The van der Waals surface area contributed by atoms with Gasteiger partial charge in [0.15, 0.2) is 0 Å². The normalized spacial score (nSPS) is 19.9. The molecule has 1 saturated heterocycles. The zero-order valence-electron chi connectivity index (χ0n) is 10.7. The third kappa shape index (κ3) is 2.29. The Hall–Kier alpha value is -1.66. The van der Waals surface area contributed by atoms with Gasteiger partial charge in [0, 0.05) is 18.8 Å². The molecule has 0 saturated carbocycles. The lowest BCUT2D eigenvalue weighted by molar-refractivity contribution is 0.0943. The van der Waals surface area contributed by atoms with E-state index in [0.29, 0.717) is 10.6 Å². The topological polar surface area (TPSA) is 71.2 Å². The van der Waals surface area contributed by atoms with E-state index in [1.54, 1.807) is 6.20 Å². The first-order chi connectivity index (χ1) is 9.15. The van der Waals surface area contributed by atoms with Crippen molar-refractivity contribution in [3.8, 4) is 0 Å². The maximum Gasteiger partial charge on any atom is 0.263 e. The first-order valence-corrected chi connectivity index (χ1v) is 7.09. The summed E-state index contributed by atoms with van der Waals surface area (Å²) in [5, 5.41) is 3.05. The number of amides is 1. The van der Waals surface area contributed by atoms with E-state index in [2.05, 4.69) is 22.2 Å². The minimum absolute atomic E-state index is 0.0826. The maximum atomic E-state index is 12.3. The maximum absolute atomic E-state index is 12.3. The molecule has 0 aromatic carbocycles. The predicted octanol–water partition coefficient (Wildman–Crippen LogP) is 1.31. The minimum atomic E-state index is -0.0826. The monoisotopic (exact) mass is 276 g/mol. The second-order valence-electron chi connectivity index (χ2n) is 4.92. The van der Waals surface area contributed by atoms with Crippen LogP contribution in [0.2, 0.25) is 0 Å². The second-order valence-corrected chi connectivity index (χ2v) is 5.97. The number of fused-ring (bicyclic) bond motifs is 1. The SMILES string of the molecule is CN1CCC(NC(=O)c2sc3cccnc3c2N)C1. The average Bonchev–Trinajstić information content (AvgIpc) is 2.94. The molecule has 3 N–H and O–H groups in total. The van der Waals surface area contributed by atoms with Crippen LogP contribution in [0.3, 0.4) is 0 Å². The van der Waals surface area contributed by atoms with Gasteiger partial charge in [-0.25, -0.2) is 0 Å². The summed E-state index contributed by atoms with van der Waals surface area (Å²) in [6, 6.07) is 4.00. The Morgan fingerprint density at radius 2 is 2.47 bits per heavy atom. The summed E-state index contributed by atoms with van der Waals surface area (Å²) in [6.07, 6.45) is 2.68. The first kappa shape index (κ1) is 12.4. The molecule has 1 fully saturated rings. The van der Waals surface area contributed by atoms with E-state index in [9.17, 15) is 4.79 Å². The molecule has 0 spiro atoms. The molecule has 100 valence electrons. The fourth-order valence-electron chi connectivity index (χ4n) is 2.42. The van der Waals surface area contributed by atoms with Crippen LogP contribution in [0.4, 0.5) is 5.69 Å². The first-order valence-electron chi connectivity index (χ1n) is 6.27. The average molecular weight is 276 g/mol. The number of thiophene rings is 1. The number of nitrogen functional groups attached to an aromatic ring is 1. The molecule has 2 aromatic heterocycles. The Balaban J connectivity index is 1.83.